The van der Waals surface area contributed by atoms with Crippen molar-refractivity contribution in [3.8, 4) is 0 Å². The van der Waals surface area contributed by atoms with Crippen LogP contribution in [0.25, 0.3) is 6.08 Å². The molecule has 6 heteroatoms. The van der Waals surface area contributed by atoms with Crippen LogP contribution in [0.3, 0.4) is 0 Å². The monoisotopic (exact) mass is 227 g/mol. The van der Waals surface area contributed by atoms with Crippen molar-refractivity contribution in [2.24, 2.45) is 5.14 Å². The summed E-state index contributed by atoms with van der Waals surface area (Å²) in [5, 5.41) is 13.2. The van der Waals surface area contributed by atoms with Gasteiger partial charge in [-0.15, -0.1) is 0 Å². The number of sulfonamides is 1. The number of primary sulfonamides is 1. The molecule has 1 rings (SSSR count). The van der Waals surface area contributed by atoms with E-state index in [1.807, 2.05) is 0 Å². The van der Waals surface area contributed by atoms with E-state index in [4.69, 9.17) is 10.2 Å². The summed E-state index contributed by atoms with van der Waals surface area (Å²) in [5.41, 5.74) is 0.588. The quantitative estimate of drug-likeness (QED) is 0.732. The van der Waals surface area contributed by atoms with Crippen LogP contribution in [0, 0.1) is 0 Å². The smallest absolute Gasteiger partial charge is 0.328 e. The van der Waals surface area contributed by atoms with Gasteiger partial charge in [0, 0.05) is 6.08 Å². The summed E-state index contributed by atoms with van der Waals surface area (Å²) in [6.45, 7) is 0. The van der Waals surface area contributed by atoms with Crippen LogP contribution < -0.4 is 5.14 Å². The SMILES string of the molecule is NS(=O)(=O)c1ccc(/C=C/C(=O)O)cc1. The van der Waals surface area contributed by atoms with Gasteiger partial charge in [-0.1, -0.05) is 12.1 Å². The maximum Gasteiger partial charge on any atom is 0.328 e. The Labute approximate surface area is 86.9 Å². The molecule has 1 aromatic rings. The van der Waals surface area contributed by atoms with Crippen LogP contribution in [-0.4, -0.2) is 19.5 Å². The summed E-state index contributed by atoms with van der Waals surface area (Å²) in [6, 6.07) is 5.58. The van der Waals surface area contributed by atoms with E-state index in [-0.39, 0.29) is 4.90 Å². The molecule has 0 aliphatic carbocycles. The van der Waals surface area contributed by atoms with Gasteiger partial charge >= 0.3 is 5.97 Å². The Bertz CT molecular complexity index is 487. The molecule has 0 fully saturated rings. The Hall–Kier alpha value is -1.66. The Kier molecular flexibility index (Phi) is 3.23. The number of benzene rings is 1. The van der Waals surface area contributed by atoms with Crippen molar-refractivity contribution in [1.82, 2.24) is 0 Å². The van der Waals surface area contributed by atoms with Crippen LogP contribution in [-0.2, 0) is 14.8 Å². The average Bonchev–Trinajstić information content (AvgIpc) is 2.14. The van der Waals surface area contributed by atoms with Crippen LogP contribution in [0.5, 0.6) is 0 Å². The van der Waals surface area contributed by atoms with Crippen molar-refractivity contribution in [2.75, 3.05) is 0 Å². The highest BCUT2D eigenvalue weighted by Gasteiger charge is 2.05. The first-order valence-electron chi connectivity index (χ1n) is 3.93. The minimum absolute atomic E-state index is 0.00465. The molecule has 0 aromatic heterocycles. The van der Waals surface area contributed by atoms with E-state index >= 15 is 0 Å². The molecule has 0 bridgehead atoms. The van der Waals surface area contributed by atoms with Crippen LogP contribution in [0.4, 0.5) is 0 Å². The molecule has 0 amide bonds. The van der Waals surface area contributed by atoms with Gasteiger partial charge in [0.15, 0.2) is 0 Å². The predicted molar refractivity (Wildman–Crippen MR) is 54.5 cm³/mol. The predicted octanol–water partition coefficient (Wildman–Crippen LogP) is 0.432. The zero-order valence-electron chi connectivity index (χ0n) is 7.62. The lowest BCUT2D eigenvalue weighted by Gasteiger charge is -1.97. The fourth-order valence-corrected chi connectivity index (χ4v) is 1.45. The Morgan fingerprint density at radius 1 is 1.27 bits per heavy atom. The fourth-order valence-electron chi connectivity index (χ4n) is 0.936. The van der Waals surface area contributed by atoms with Gasteiger partial charge in [0.05, 0.1) is 4.90 Å². The molecule has 3 N–H and O–H groups in total. The van der Waals surface area contributed by atoms with Crippen molar-refractivity contribution in [3.63, 3.8) is 0 Å². The molecular weight excluding hydrogens is 218 g/mol. The number of hydrogen-bond acceptors (Lipinski definition) is 3. The van der Waals surface area contributed by atoms with E-state index in [1.165, 1.54) is 30.3 Å². The zero-order chi connectivity index (χ0) is 11.5. The van der Waals surface area contributed by atoms with Crippen LogP contribution in [0.2, 0.25) is 0 Å². The topological polar surface area (TPSA) is 97.5 Å². The molecule has 0 aliphatic heterocycles. The third-order valence-corrected chi connectivity index (χ3v) is 2.56. The number of carboxylic acid groups (broad SMARTS) is 1. The van der Waals surface area contributed by atoms with E-state index in [0.717, 1.165) is 6.08 Å². The third-order valence-electron chi connectivity index (χ3n) is 1.63. The maximum absolute atomic E-state index is 10.9. The molecule has 0 heterocycles. The molecule has 0 saturated carbocycles. The summed E-state index contributed by atoms with van der Waals surface area (Å²) in [7, 11) is -3.69. The molecule has 0 spiro atoms. The second kappa shape index (κ2) is 4.24. The lowest BCUT2D eigenvalue weighted by Crippen LogP contribution is -2.11. The number of carbonyl (C=O) groups is 1. The highest BCUT2D eigenvalue weighted by atomic mass is 32.2. The van der Waals surface area contributed by atoms with Crippen molar-refractivity contribution >= 4 is 22.1 Å². The lowest BCUT2D eigenvalue weighted by molar-refractivity contribution is -0.131. The number of aliphatic carboxylic acids is 1. The van der Waals surface area contributed by atoms with Gasteiger partial charge in [-0.2, -0.15) is 0 Å². The van der Waals surface area contributed by atoms with Gasteiger partial charge in [0.2, 0.25) is 10.0 Å². The molecule has 0 saturated heterocycles. The van der Waals surface area contributed by atoms with E-state index in [2.05, 4.69) is 0 Å². The molecule has 0 radical (unpaired) electrons. The van der Waals surface area contributed by atoms with Gasteiger partial charge in [0.1, 0.15) is 0 Å². The summed E-state index contributed by atoms with van der Waals surface area (Å²) >= 11 is 0. The second-order valence-corrected chi connectivity index (χ2v) is 4.35. The second-order valence-electron chi connectivity index (χ2n) is 2.79. The number of rotatable bonds is 3. The average molecular weight is 227 g/mol. The zero-order valence-corrected chi connectivity index (χ0v) is 8.44. The third kappa shape index (κ3) is 3.53. The van der Waals surface area contributed by atoms with Gasteiger partial charge in [-0.25, -0.2) is 18.4 Å². The van der Waals surface area contributed by atoms with Crippen LogP contribution in [0.1, 0.15) is 5.56 Å². The summed E-state index contributed by atoms with van der Waals surface area (Å²) < 4.78 is 21.8. The molecule has 5 nitrogen and oxygen atoms in total. The van der Waals surface area contributed by atoms with Crippen molar-refractivity contribution in [3.05, 3.63) is 35.9 Å². The standard InChI is InChI=1S/C9H9NO4S/c10-15(13,14)8-4-1-7(2-5-8)3-6-9(11)12/h1-6H,(H,11,12)(H2,10,13,14)/b6-3+. The van der Waals surface area contributed by atoms with E-state index < -0.39 is 16.0 Å². The fraction of sp³-hybridized carbons (Fsp3) is 0. The number of nitrogens with two attached hydrogens (primary N) is 1. The molecular formula is C9H9NO4S. The van der Waals surface area contributed by atoms with Gasteiger partial charge in [-0.3, -0.25) is 0 Å². The number of carboxylic acids is 1. The minimum atomic E-state index is -3.69. The molecule has 80 valence electrons. The Morgan fingerprint density at radius 2 is 1.80 bits per heavy atom. The molecule has 0 atom stereocenters. The Morgan fingerprint density at radius 3 is 2.20 bits per heavy atom. The van der Waals surface area contributed by atoms with Crippen molar-refractivity contribution in [2.45, 2.75) is 4.90 Å². The van der Waals surface area contributed by atoms with Gasteiger partial charge in [0.25, 0.3) is 0 Å². The van der Waals surface area contributed by atoms with Crippen molar-refractivity contribution in [1.29, 1.82) is 0 Å². The summed E-state index contributed by atoms with van der Waals surface area (Å²) in [6.07, 6.45) is 2.32. The molecule has 1 aromatic carbocycles. The first-order chi connectivity index (χ1) is 6.89. The van der Waals surface area contributed by atoms with Gasteiger partial charge < -0.3 is 5.11 Å². The largest absolute Gasteiger partial charge is 0.478 e. The van der Waals surface area contributed by atoms with Crippen molar-refractivity contribution < 1.29 is 18.3 Å². The Balaban J connectivity index is 2.96. The van der Waals surface area contributed by atoms with Crippen LogP contribution in [0.15, 0.2) is 35.2 Å². The molecule has 15 heavy (non-hydrogen) atoms. The summed E-state index contributed by atoms with van der Waals surface area (Å²) in [4.78, 5) is 10.2. The lowest BCUT2D eigenvalue weighted by atomic mass is 10.2. The highest BCUT2D eigenvalue weighted by molar-refractivity contribution is 7.89. The normalized spacial score (nSPS) is 11.8. The van der Waals surface area contributed by atoms with E-state index in [9.17, 15) is 13.2 Å². The van der Waals surface area contributed by atoms with E-state index in [0.29, 0.717) is 5.56 Å². The highest BCUT2D eigenvalue weighted by Crippen LogP contribution is 2.09. The maximum atomic E-state index is 10.9. The molecule has 0 unspecified atom stereocenters. The summed E-state index contributed by atoms with van der Waals surface area (Å²) in [5.74, 6) is -1.06. The first kappa shape index (κ1) is 11.4. The number of hydrogen-bond donors (Lipinski definition) is 2. The van der Waals surface area contributed by atoms with Gasteiger partial charge in [-0.05, 0) is 23.8 Å². The van der Waals surface area contributed by atoms with Crippen LogP contribution >= 0.6 is 0 Å². The minimum Gasteiger partial charge on any atom is -0.478 e. The first-order valence-corrected chi connectivity index (χ1v) is 5.48. The molecule has 0 aliphatic rings. The van der Waals surface area contributed by atoms with E-state index in [1.54, 1.807) is 0 Å².